The number of carbonyl (C=O) groups excluding carboxylic acids is 2. The molecule has 2 amide bonds. The first-order valence-electron chi connectivity index (χ1n) is 11.2. The monoisotopic (exact) mass is 422 g/mol. The van der Waals surface area contributed by atoms with Crippen LogP contribution >= 0.6 is 0 Å². The number of nitrogens with one attached hydrogen (secondary N) is 1. The molecule has 2 aromatic rings. The van der Waals surface area contributed by atoms with Crippen molar-refractivity contribution in [2.24, 2.45) is 0 Å². The van der Waals surface area contributed by atoms with E-state index in [1.165, 1.54) is 5.56 Å². The van der Waals surface area contributed by atoms with Crippen molar-refractivity contribution in [1.82, 2.24) is 10.2 Å². The standard InChI is InChI=1S/C26H34N2O3/c1-19-11-13-21(14-12-19)15-16-25(29)28(18-22-7-6-10-24(17-22)31-3)20(2)26(30)27-23-8-4-5-9-23/h6-7,10-14,17,20,23H,4-5,8-9,15-16,18H2,1-3H3,(H,27,30)/t20-/m1/s1. The maximum Gasteiger partial charge on any atom is 0.242 e. The van der Waals surface area contributed by atoms with Crippen molar-refractivity contribution in [2.75, 3.05) is 7.11 Å². The van der Waals surface area contributed by atoms with Gasteiger partial charge in [-0.15, -0.1) is 0 Å². The second-order valence-corrected chi connectivity index (χ2v) is 8.52. The molecular formula is C26H34N2O3. The van der Waals surface area contributed by atoms with Gasteiger partial charge in [0.1, 0.15) is 11.8 Å². The Labute approximate surface area is 185 Å². The molecule has 1 aliphatic rings. The third-order valence-corrected chi connectivity index (χ3v) is 6.10. The molecular weight excluding hydrogens is 388 g/mol. The van der Waals surface area contributed by atoms with Crippen LogP contribution in [0.4, 0.5) is 0 Å². The van der Waals surface area contributed by atoms with Crippen molar-refractivity contribution in [2.45, 2.75) is 71.0 Å². The lowest BCUT2D eigenvalue weighted by Crippen LogP contribution is -2.49. The number of aryl methyl sites for hydroxylation is 2. The van der Waals surface area contributed by atoms with E-state index in [9.17, 15) is 9.59 Å². The van der Waals surface area contributed by atoms with E-state index in [1.807, 2.05) is 31.2 Å². The number of ether oxygens (including phenoxy) is 1. The van der Waals surface area contributed by atoms with E-state index < -0.39 is 6.04 Å². The largest absolute Gasteiger partial charge is 0.497 e. The molecule has 0 spiro atoms. The summed E-state index contributed by atoms with van der Waals surface area (Å²) >= 11 is 0. The van der Waals surface area contributed by atoms with Crippen LogP contribution < -0.4 is 10.1 Å². The summed E-state index contributed by atoms with van der Waals surface area (Å²) in [6.45, 7) is 4.26. The molecule has 0 bridgehead atoms. The van der Waals surface area contributed by atoms with Crippen molar-refractivity contribution < 1.29 is 14.3 Å². The first kappa shape index (κ1) is 22.9. The second-order valence-electron chi connectivity index (χ2n) is 8.52. The van der Waals surface area contributed by atoms with Gasteiger partial charge in [0, 0.05) is 19.0 Å². The highest BCUT2D eigenvalue weighted by Gasteiger charge is 2.28. The van der Waals surface area contributed by atoms with Gasteiger partial charge < -0.3 is 15.0 Å². The number of hydrogen-bond donors (Lipinski definition) is 1. The molecule has 1 fully saturated rings. The van der Waals surface area contributed by atoms with E-state index in [2.05, 4.69) is 36.5 Å². The molecule has 5 nitrogen and oxygen atoms in total. The number of methoxy groups -OCH3 is 1. The summed E-state index contributed by atoms with van der Waals surface area (Å²) in [5.41, 5.74) is 3.28. The topological polar surface area (TPSA) is 58.6 Å². The minimum atomic E-state index is -0.530. The van der Waals surface area contributed by atoms with Crippen molar-refractivity contribution >= 4 is 11.8 Å². The van der Waals surface area contributed by atoms with Gasteiger partial charge in [0.25, 0.3) is 0 Å². The lowest BCUT2D eigenvalue weighted by atomic mass is 10.1. The van der Waals surface area contributed by atoms with Gasteiger partial charge in [0.15, 0.2) is 0 Å². The van der Waals surface area contributed by atoms with Crippen LogP contribution in [0.3, 0.4) is 0 Å². The SMILES string of the molecule is COc1cccc(CN(C(=O)CCc2ccc(C)cc2)[C@H](C)C(=O)NC2CCCC2)c1. The Morgan fingerprint density at radius 3 is 2.48 bits per heavy atom. The Morgan fingerprint density at radius 1 is 1.10 bits per heavy atom. The number of nitrogens with zero attached hydrogens (tertiary/aromatic N) is 1. The summed E-state index contributed by atoms with van der Waals surface area (Å²) in [5.74, 6) is 0.656. The molecule has 0 radical (unpaired) electrons. The first-order chi connectivity index (χ1) is 15.0. The van der Waals surface area contributed by atoms with Crippen molar-refractivity contribution in [3.63, 3.8) is 0 Å². The molecule has 0 heterocycles. The van der Waals surface area contributed by atoms with Crippen LogP contribution in [0.5, 0.6) is 5.75 Å². The summed E-state index contributed by atoms with van der Waals surface area (Å²) in [6.07, 6.45) is 5.38. The highest BCUT2D eigenvalue weighted by Crippen LogP contribution is 2.20. The van der Waals surface area contributed by atoms with Gasteiger partial charge in [0.05, 0.1) is 7.11 Å². The predicted octanol–water partition coefficient (Wildman–Crippen LogP) is 4.41. The van der Waals surface area contributed by atoms with E-state index in [0.29, 0.717) is 19.4 Å². The summed E-state index contributed by atoms with van der Waals surface area (Å²) < 4.78 is 5.33. The molecule has 0 unspecified atom stereocenters. The third-order valence-electron chi connectivity index (χ3n) is 6.10. The average Bonchev–Trinajstić information content (AvgIpc) is 3.29. The van der Waals surface area contributed by atoms with Crippen LogP contribution in [0.1, 0.15) is 55.7 Å². The molecule has 1 atom stereocenters. The fourth-order valence-electron chi connectivity index (χ4n) is 4.09. The number of rotatable bonds is 9. The van der Waals surface area contributed by atoms with Gasteiger partial charge in [-0.3, -0.25) is 9.59 Å². The van der Waals surface area contributed by atoms with Gasteiger partial charge in [-0.05, 0) is 56.4 Å². The Kier molecular flexibility index (Phi) is 8.10. The number of carbonyl (C=O) groups is 2. The predicted molar refractivity (Wildman–Crippen MR) is 123 cm³/mol. The molecule has 31 heavy (non-hydrogen) atoms. The van der Waals surface area contributed by atoms with Gasteiger partial charge in [-0.2, -0.15) is 0 Å². The number of amides is 2. The average molecular weight is 423 g/mol. The van der Waals surface area contributed by atoms with E-state index in [4.69, 9.17) is 4.74 Å². The molecule has 5 heteroatoms. The van der Waals surface area contributed by atoms with Gasteiger partial charge >= 0.3 is 0 Å². The van der Waals surface area contributed by atoms with Gasteiger partial charge in [-0.25, -0.2) is 0 Å². The van der Waals surface area contributed by atoms with Gasteiger partial charge in [0.2, 0.25) is 11.8 Å². The summed E-state index contributed by atoms with van der Waals surface area (Å²) in [5, 5.41) is 3.14. The maximum absolute atomic E-state index is 13.2. The Hall–Kier alpha value is -2.82. The van der Waals surface area contributed by atoms with Crippen molar-refractivity contribution in [3.8, 4) is 5.75 Å². The molecule has 166 valence electrons. The summed E-state index contributed by atoms with van der Waals surface area (Å²) in [4.78, 5) is 27.9. The van der Waals surface area contributed by atoms with E-state index >= 15 is 0 Å². The Morgan fingerprint density at radius 2 is 1.81 bits per heavy atom. The molecule has 0 aliphatic heterocycles. The van der Waals surface area contributed by atoms with Crippen LogP contribution in [-0.2, 0) is 22.6 Å². The van der Waals surface area contributed by atoms with Gasteiger partial charge in [-0.1, -0.05) is 54.8 Å². The van der Waals surface area contributed by atoms with Crippen molar-refractivity contribution in [3.05, 3.63) is 65.2 Å². The normalized spacial score (nSPS) is 14.8. The highest BCUT2D eigenvalue weighted by molar-refractivity contribution is 5.87. The molecule has 1 saturated carbocycles. The molecule has 1 N–H and O–H groups in total. The Balaban J connectivity index is 1.72. The zero-order valence-electron chi connectivity index (χ0n) is 18.9. The summed E-state index contributed by atoms with van der Waals surface area (Å²) in [7, 11) is 1.63. The fraction of sp³-hybridized carbons (Fsp3) is 0.462. The van der Waals surface area contributed by atoms with E-state index in [0.717, 1.165) is 42.6 Å². The van der Waals surface area contributed by atoms with Crippen LogP contribution in [0, 0.1) is 6.92 Å². The number of benzene rings is 2. The highest BCUT2D eigenvalue weighted by atomic mass is 16.5. The van der Waals surface area contributed by atoms with Crippen LogP contribution in [-0.4, -0.2) is 35.9 Å². The zero-order valence-corrected chi connectivity index (χ0v) is 18.9. The maximum atomic E-state index is 13.2. The smallest absolute Gasteiger partial charge is 0.242 e. The molecule has 3 rings (SSSR count). The lowest BCUT2D eigenvalue weighted by molar-refractivity contribution is -0.140. The fourth-order valence-corrected chi connectivity index (χ4v) is 4.09. The molecule has 0 aromatic heterocycles. The zero-order chi connectivity index (χ0) is 22.2. The molecule has 0 saturated heterocycles. The van der Waals surface area contributed by atoms with Crippen LogP contribution in [0.15, 0.2) is 48.5 Å². The van der Waals surface area contributed by atoms with Crippen LogP contribution in [0.25, 0.3) is 0 Å². The van der Waals surface area contributed by atoms with E-state index in [-0.39, 0.29) is 17.9 Å². The number of hydrogen-bond acceptors (Lipinski definition) is 3. The first-order valence-corrected chi connectivity index (χ1v) is 11.2. The van der Waals surface area contributed by atoms with E-state index in [1.54, 1.807) is 12.0 Å². The molecule has 1 aliphatic carbocycles. The van der Waals surface area contributed by atoms with Crippen molar-refractivity contribution in [1.29, 1.82) is 0 Å². The molecule has 2 aromatic carbocycles. The Bertz CT molecular complexity index is 872. The third kappa shape index (κ3) is 6.58. The lowest BCUT2D eigenvalue weighted by Gasteiger charge is -2.30. The minimum absolute atomic E-state index is 0.0162. The summed E-state index contributed by atoms with van der Waals surface area (Å²) in [6, 6.07) is 15.6. The minimum Gasteiger partial charge on any atom is -0.497 e. The second kappa shape index (κ2) is 11.0. The quantitative estimate of drug-likeness (QED) is 0.651. The van der Waals surface area contributed by atoms with Crippen LogP contribution in [0.2, 0.25) is 0 Å².